The molecule has 0 aliphatic rings. The Balaban J connectivity index is 1.39. The van der Waals surface area contributed by atoms with Crippen molar-refractivity contribution in [3.05, 3.63) is 158 Å². The van der Waals surface area contributed by atoms with Crippen molar-refractivity contribution in [1.82, 2.24) is 0 Å². The van der Waals surface area contributed by atoms with Gasteiger partial charge in [-0.3, -0.25) is 0 Å². The monoisotopic (exact) mass is 570 g/mol. The third-order valence-electron chi connectivity index (χ3n) is 9.63. The van der Waals surface area contributed by atoms with Crippen LogP contribution in [0.2, 0.25) is 0 Å². The van der Waals surface area contributed by atoms with Crippen LogP contribution in [0.3, 0.4) is 0 Å². The molecule has 10 rings (SSSR count). The molecule has 1 heterocycles. The van der Waals surface area contributed by atoms with Gasteiger partial charge in [0.15, 0.2) is 0 Å². The van der Waals surface area contributed by atoms with Crippen LogP contribution in [0, 0.1) is 0 Å². The van der Waals surface area contributed by atoms with Gasteiger partial charge in [-0.2, -0.15) is 0 Å². The molecule has 0 radical (unpaired) electrons. The normalized spacial score (nSPS) is 12.0. The molecule has 9 aromatic carbocycles. The lowest BCUT2D eigenvalue weighted by molar-refractivity contribution is 0.670. The van der Waals surface area contributed by atoms with Gasteiger partial charge < -0.3 is 4.42 Å². The zero-order valence-corrected chi connectivity index (χ0v) is 24.4. The average Bonchev–Trinajstić information content (AvgIpc) is 3.50. The fraction of sp³-hybridized carbons (Fsp3) is 0. The Morgan fingerprint density at radius 1 is 0.311 bits per heavy atom. The van der Waals surface area contributed by atoms with E-state index in [0.29, 0.717) is 0 Å². The summed E-state index contributed by atoms with van der Waals surface area (Å²) in [6.07, 6.45) is 0. The summed E-state index contributed by atoms with van der Waals surface area (Å²) in [5.74, 6) is 0. The number of furan rings is 1. The molecule has 45 heavy (non-hydrogen) atoms. The maximum atomic E-state index is 6.76. The third kappa shape index (κ3) is 3.44. The van der Waals surface area contributed by atoms with E-state index in [1.54, 1.807) is 0 Å². The highest BCUT2D eigenvalue weighted by atomic mass is 16.3. The minimum absolute atomic E-state index is 0.915. The Kier molecular flexibility index (Phi) is 5.06. The molecule has 0 aliphatic heterocycles. The zero-order chi connectivity index (χ0) is 29.5. The molecule has 0 unspecified atom stereocenters. The van der Waals surface area contributed by atoms with Crippen LogP contribution in [0.4, 0.5) is 0 Å². The van der Waals surface area contributed by atoms with Crippen molar-refractivity contribution < 1.29 is 4.42 Å². The molecular weight excluding hydrogens is 544 g/mol. The second-order valence-electron chi connectivity index (χ2n) is 12.0. The number of fused-ring (bicyclic) bond motifs is 10. The number of benzene rings is 9. The summed E-state index contributed by atoms with van der Waals surface area (Å²) >= 11 is 0. The van der Waals surface area contributed by atoms with Crippen molar-refractivity contribution in [1.29, 1.82) is 0 Å². The van der Waals surface area contributed by atoms with Crippen molar-refractivity contribution in [3.8, 4) is 22.3 Å². The largest absolute Gasteiger partial charge is 0.455 e. The summed E-state index contributed by atoms with van der Waals surface area (Å²) in [5.41, 5.74) is 6.72. The van der Waals surface area contributed by atoms with Crippen LogP contribution in [0.15, 0.2) is 162 Å². The standard InChI is InChI=1S/C44H26O/c1-3-14-29-27(12-1)24-25-32-31(29)21-11-22-33(32)41-34-16-5-7-18-36(34)42(37-19-8-6-17-35(37)41)39-26-28-13-2-4-15-30(28)43-38-20-9-10-23-40(38)45-44(39)43/h1-26H. The second-order valence-corrected chi connectivity index (χ2v) is 12.0. The molecular formula is C44H26O. The summed E-state index contributed by atoms with van der Waals surface area (Å²) in [4.78, 5) is 0. The SMILES string of the molecule is c1ccc2c(c1)ccc1c(-c3c4ccccc4c(-c4cc5ccccc5c5c4oc4ccccc45)c4ccccc34)cccc12. The van der Waals surface area contributed by atoms with Crippen LogP contribution in [0.1, 0.15) is 0 Å². The number of hydrogen-bond acceptors (Lipinski definition) is 1. The van der Waals surface area contributed by atoms with Crippen molar-refractivity contribution in [2.45, 2.75) is 0 Å². The van der Waals surface area contributed by atoms with Crippen molar-refractivity contribution in [2.75, 3.05) is 0 Å². The summed E-state index contributed by atoms with van der Waals surface area (Å²) in [6, 6.07) is 57.2. The van der Waals surface area contributed by atoms with Crippen molar-refractivity contribution in [2.24, 2.45) is 0 Å². The van der Waals surface area contributed by atoms with Gasteiger partial charge in [-0.25, -0.2) is 0 Å². The minimum Gasteiger partial charge on any atom is -0.455 e. The second kappa shape index (κ2) is 9.29. The molecule has 0 spiro atoms. The summed E-state index contributed by atoms with van der Waals surface area (Å²) in [6.45, 7) is 0. The lowest BCUT2D eigenvalue weighted by Gasteiger charge is -2.19. The molecule has 1 aromatic heterocycles. The first-order chi connectivity index (χ1) is 22.3. The first-order valence-corrected chi connectivity index (χ1v) is 15.5. The van der Waals surface area contributed by atoms with E-state index in [1.807, 2.05) is 0 Å². The molecule has 0 fully saturated rings. The lowest BCUT2D eigenvalue weighted by atomic mass is 9.83. The average molecular weight is 571 g/mol. The Labute approximate surface area is 259 Å². The molecule has 0 saturated carbocycles. The van der Waals surface area contributed by atoms with E-state index in [-0.39, 0.29) is 0 Å². The van der Waals surface area contributed by atoms with Gasteiger partial charge in [0.2, 0.25) is 0 Å². The molecule has 0 bridgehead atoms. The summed E-state index contributed by atoms with van der Waals surface area (Å²) < 4.78 is 6.76. The Morgan fingerprint density at radius 3 is 1.56 bits per heavy atom. The molecule has 1 heteroatoms. The highest BCUT2D eigenvalue weighted by Crippen LogP contribution is 2.49. The first-order valence-electron chi connectivity index (χ1n) is 15.5. The van der Waals surface area contributed by atoms with Gasteiger partial charge in [0, 0.05) is 21.9 Å². The molecule has 1 nitrogen and oxygen atoms in total. The zero-order valence-electron chi connectivity index (χ0n) is 24.4. The molecule has 0 saturated heterocycles. The van der Waals surface area contributed by atoms with Gasteiger partial charge >= 0.3 is 0 Å². The van der Waals surface area contributed by atoms with E-state index in [4.69, 9.17) is 4.42 Å². The predicted molar refractivity (Wildman–Crippen MR) is 192 cm³/mol. The number of para-hydroxylation sites is 1. The van der Waals surface area contributed by atoms with Gasteiger partial charge in [-0.05, 0) is 77.1 Å². The lowest BCUT2D eigenvalue weighted by Crippen LogP contribution is -1.92. The molecule has 10 aromatic rings. The van der Waals surface area contributed by atoms with Crippen LogP contribution in [0.25, 0.3) is 98.1 Å². The summed E-state index contributed by atoms with van der Waals surface area (Å²) in [7, 11) is 0. The molecule has 0 N–H and O–H groups in total. The molecule has 0 amide bonds. The van der Waals surface area contributed by atoms with Crippen LogP contribution in [0.5, 0.6) is 0 Å². The molecule has 208 valence electrons. The van der Waals surface area contributed by atoms with Crippen LogP contribution < -0.4 is 0 Å². The van der Waals surface area contributed by atoms with E-state index in [2.05, 4.69) is 158 Å². The quantitative estimate of drug-likeness (QED) is 0.149. The van der Waals surface area contributed by atoms with Crippen molar-refractivity contribution in [3.63, 3.8) is 0 Å². The predicted octanol–water partition coefficient (Wildman–Crippen LogP) is 12.7. The fourth-order valence-electron chi connectivity index (χ4n) is 7.73. The molecule has 0 aliphatic carbocycles. The maximum Gasteiger partial charge on any atom is 0.143 e. The van der Waals surface area contributed by atoms with Gasteiger partial charge in [0.1, 0.15) is 11.2 Å². The van der Waals surface area contributed by atoms with E-state index in [1.165, 1.54) is 75.9 Å². The number of rotatable bonds is 2. The van der Waals surface area contributed by atoms with Crippen molar-refractivity contribution >= 4 is 75.8 Å². The maximum absolute atomic E-state index is 6.76. The third-order valence-corrected chi connectivity index (χ3v) is 9.63. The fourth-order valence-corrected chi connectivity index (χ4v) is 7.73. The van der Waals surface area contributed by atoms with E-state index in [9.17, 15) is 0 Å². The highest BCUT2D eigenvalue weighted by molar-refractivity contribution is 6.29. The van der Waals surface area contributed by atoms with Gasteiger partial charge in [-0.15, -0.1) is 0 Å². The van der Waals surface area contributed by atoms with E-state index >= 15 is 0 Å². The number of hydrogen-bond donors (Lipinski definition) is 0. The smallest absolute Gasteiger partial charge is 0.143 e. The first kappa shape index (κ1) is 24.5. The van der Waals surface area contributed by atoms with Crippen LogP contribution in [-0.4, -0.2) is 0 Å². The summed E-state index contributed by atoms with van der Waals surface area (Å²) in [5, 5.41) is 14.8. The van der Waals surface area contributed by atoms with Crippen LogP contribution in [-0.2, 0) is 0 Å². The Hall–Kier alpha value is -5.92. The van der Waals surface area contributed by atoms with Gasteiger partial charge in [-0.1, -0.05) is 146 Å². The Bertz CT molecular complexity index is 2760. The van der Waals surface area contributed by atoms with Gasteiger partial charge in [0.05, 0.1) is 0 Å². The van der Waals surface area contributed by atoms with E-state index in [0.717, 1.165) is 22.1 Å². The van der Waals surface area contributed by atoms with Gasteiger partial charge in [0.25, 0.3) is 0 Å². The Morgan fingerprint density at radius 2 is 0.844 bits per heavy atom. The minimum atomic E-state index is 0.915. The van der Waals surface area contributed by atoms with E-state index < -0.39 is 0 Å². The topological polar surface area (TPSA) is 13.1 Å². The molecule has 0 atom stereocenters. The highest BCUT2D eigenvalue weighted by Gasteiger charge is 2.22. The van der Waals surface area contributed by atoms with Crippen LogP contribution >= 0.6 is 0 Å².